The van der Waals surface area contributed by atoms with Crippen LogP contribution in [0.2, 0.25) is 0 Å². The van der Waals surface area contributed by atoms with E-state index in [2.05, 4.69) is 31.3 Å². The third-order valence-electron chi connectivity index (χ3n) is 3.33. The number of rotatable bonds is 1. The largest absolute Gasteiger partial charge is 0.316 e. The highest BCUT2D eigenvalue weighted by Crippen LogP contribution is 2.39. The topological polar surface area (TPSA) is 35.8 Å². The molecule has 1 unspecified atom stereocenters. The molecular weight excluding hydrogens is 184 g/mol. The summed E-state index contributed by atoms with van der Waals surface area (Å²) in [6, 6.07) is 10.2. The number of nitriles is 1. The molecule has 0 amide bonds. The van der Waals surface area contributed by atoms with Gasteiger partial charge in [0.05, 0.1) is 11.6 Å². The van der Waals surface area contributed by atoms with Crippen LogP contribution in [-0.4, -0.2) is 13.1 Å². The van der Waals surface area contributed by atoms with Crippen LogP contribution in [0.15, 0.2) is 24.3 Å². The van der Waals surface area contributed by atoms with E-state index in [0.717, 1.165) is 18.7 Å². The molecule has 2 rings (SSSR count). The molecule has 2 heteroatoms. The molecule has 1 aliphatic rings. The van der Waals surface area contributed by atoms with E-state index >= 15 is 0 Å². The van der Waals surface area contributed by atoms with Gasteiger partial charge in [-0.3, -0.25) is 0 Å². The van der Waals surface area contributed by atoms with E-state index in [1.54, 1.807) is 0 Å². The molecule has 1 saturated heterocycles. The lowest BCUT2D eigenvalue weighted by molar-refractivity contribution is 0.362. The van der Waals surface area contributed by atoms with Gasteiger partial charge in [-0.2, -0.15) is 5.26 Å². The summed E-state index contributed by atoms with van der Waals surface area (Å²) in [5.74, 6) is 0.452. The first-order valence-electron chi connectivity index (χ1n) is 5.35. The fourth-order valence-corrected chi connectivity index (χ4v) is 2.37. The zero-order valence-corrected chi connectivity index (χ0v) is 9.25. The molecule has 2 nitrogen and oxygen atoms in total. The van der Waals surface area contributed by atoms with Gasteiger partial charge in [-0.1, -0.05) is 32.0 Å². The van der Waals surface area contributed by atoms with Gasteiger partial charge < -0.3 is 5.32 Å². The predicted molar refractivity (Wildman–Crippen MR) is 60.5 cm³/mol. The number of hydrogen-bond acceptors (Lipinski definition) is 2. The van der Waals surface area contributed by atoms with Crippen LogP contribution in [0.4, 0.5) is 0 Å². The molecule has 1 atom stereocenters. The molecule has 0 aliphatic carbocycles. The average molecular weight is 200 g/mol. The van der Waals surface area contributed by atoms with Gasteiger partial charge in [-0.15, -0.1) is 0 Å². The standard InChI is InChI=1S/C13H16N2/c1-13(2)9-15-8-12(13)11-6-4-3-5-10(11)7-14/h3-6,12,15H,8-9H2,1-2H3. The van der Waals surface area contributed by atoms with Crippen molar-refractivity contribution < 1.29 is 0 Å². The summed E-state index contributed by atoms with van der Waals surface area (Å²) in [6.45, 7) is 6.51. The Kier molecular flexibility index (Phi) is 2.50. The molecule has 1 heterocycles. The van der Waals surface area contributed by atoms with Crippen LogP contribution in [0.25, 0.3) is 0 Å². The summed E-state index contributed by atoms with van der Waals surface area (Å²) in [7, 11) is 0. The first kappa shape index (κ1) is 10.2. The maximum Gasteiger partial charge on any atom is 0.0994 e. The molecule has 1 N–H and O–H groups in total. The molecule has 0 spiro atoms. The quantitative estimate of drug-likeness (QED) is 0.755. The lowest BCUT2D eigenvalue weighted by Gasteiger charge is -2.26. The summed E-state index contributed by atoms with van der Waals surface area (Å²) in [5.41, 5.74) is 2.25. The minimum Gasteiger partial charge on any atom is -0.316 e. The molecule has 1 fully saturated rings. The van der Waals surface area contributed by atoms with Gasteiger partial charge in [-0.25, -0.2) is 0 Å². The molecule has 1 aromatic rings. The smallest absolute Gasteiger partial charge is 0.0994 e. The molecular formula is C13H16N2. The van der Waals surface area contributed by atoms with Crippen LogP contribution < -0.4 is 5.32 Å². The maximum atomic E-state index is 9.08. The zero-order chi connectivity index (χ0) is 10.9. The fourth-order valence-electron chi connectivity index (χ4n) is 2.37. The Hall–Kier alpha value is -1.33. The van der Waals surface area contributed by atoms with Crippen LogP contribution in [0.5, 0.6) is 0 Å². The normalized spacial score (nSPS) is 23.7. The summed E-state index contributed by atoms with van der Waals surface area (Å²) in [6.07, 6.45) is 0. The van der Waals surface area contributed by atoms with Crippen molar-refractivity contribution in [1.29, 1.82) is 5.26 Å². The number of hydrogen-bond donors (Lipinski definition) is 1. The highest BCUT2D eigenvalue weighted by atomic mass is 14.9. The molecule has 1 aliphatic heterocycles. The van der Waals surface area contributed by atoms with Gasteiger partial charge in [0.25, 0.3) is 0 Å². The van der Waals surface area contributed by atoms with Crippen LogP contribution in [-0.2, 0) is 0 Å². The summed E-state index contributed by atoms with van der Waals surface area (Å²) in [4.78, 5) is 0. The van der Waals surface area contributed by atoms with Gasteiger partial charge in [-0.05, 0) is 17.0 Å². The van der Waals surface area contributed by atoms with E-state index in [9.17, 15) is 0 Å². The van der Waals surface area contributed by atoms with E-state index in [1.807, 2.05) is 18.2 Å². The van der Waals surface area contributed by atoms with Crippen molar-refractivity contribution in [2.24, 2.45) is 5.41 Å². The first-order valence-corrected chi connectivity index (χ1v) is 5.35. The minimum atomic E-state index is 0.243. The van der Waals surface area contributed by atoms with Gasteiger partial charge in [0, 0.05) is 19.0 Å². The van der Waals surface area contributed by atoms with E-state index in [1.165, 1.54) is 5.56 Å². The van der Waals surface area contributed by atoms with E-state index in [-0.39, 0.29) is 5.41 Å². The first-order chi connectivity index (χ1) is 7.15. The second-order valence-corrected chi connectivity index (χ2v) is 4.87. The van der Waals surface area contributed by atoms with Crippen molar-refractivity contribution in [3.05, 3.63) is 35.4 Å². The van der Waals surface area contributed by atoms with Crippen LogP contribution in [0.1, 0.15) is 30.9 Å². The van der Waals surface area contributed by atoms with E-state index in [0.29, 0.717) is 5.92 Å². The number of nitrogens with zero attached hydrogens (tertiary/aromatic N) is 1. The molecule has 0 radical (unpaired) electrons. The highest BCUT2D eigenvalue weighted by Gasteiger charge is 2.36. The molecule has 0 saturated carbocycles. The lowest BCUT2D eigenvalue weighted by atomic mass is 9.76. The Labute approximate surface area is 90.9 Å². The Morgan fingerprint density at radius 1 is 1.40 bits per heavy atom. The monoisotopic (exact) mass is 200 g/mol. The van der Waals surface area contributed by atoms with Gasteiger partial charge in [0.2, 0.25) is 0 Å². The third kappa shape index (κ3) is 1.75. The SMILES string of the molecule is CC1(C)CNCC1c1ccccc1C#N. The summed E-state index contributed by atoms with van der Waals surface area (Å²) < 4.78 is 0. The van der Waals surface area contributed by atoms with Crippen molar-refractivity contribution in [1.82, 2.24) is 5.32 Å². The van der Waals surface area contributed by atoms with Crippen molar-refractivity contribution in [3.63, 3.8) is 0 Å². The van der Waals surface area contributed by atoms with Crippen molar-refractivity contribution in [3.8, 4) is 6.07 Å². The predicted octanol–water partition coefficient (Wildman–Crippen LogP) is 2.27. The average Bonchev–Trinajstić information content (AvgIpc) is 2.58. The van der Waals surface area contributed by atoms with Gasteiger partial charge in [0.1, 0.15) is 0 Å². The zero-order valence-electron chi connectivity index (χ0n) is 9.25. The van der Waals surface area contributed by atoms with Crippen LogP contribution in [0, 0.1) is 16.7 Å². The van der Waals surface area contributed by atoms with E-state index < -0.39 is 0 Å². The van der Waals surface area contributed by atoms with Crippen LogP contribution in [0.3, 0.4) is 0 Å². The van der Waals surface area contributed by atoms with Crippen molar-refractivity contribution in [2.45, 2.75) is 19.8 Å². The minimum absolute atomic E-state index is 0.243. The summed E-state index contributed by atoms with van der Waals surface area (Å²) in [5, 5.41) is 12.5. The van der Waals surface area contributed by atoms with Gasteiger partial charge >= 0.3 is 0 Å². The van der Waals surface area contributed by atoms with Crippen molar-refractivity contribution >= 4 is 0 Å². The summed E-state index contributed by atoms with van der Waals surface area (Å²) >= 11 is 0. The Balaban J connectivity index is 2.42. The molecule has 78 valence electrons. The lowest BCUT2D eigenvalue weighted by Crippen LogP contribution is -2.21. The van der Waals surface area contributed by atoms with Gasteiger partial charge in [0.15, 0.2) is 0 Å². The maximum absolute atomic E-state index is 9.08. The fraction of sp³-hybridized carbons (Fsp3) is 0.462. The molecule has 15 heavy (non-hydrogen) atoms. The van der Waals surface area contributed by atoms with Crippen LogP contribution >= 0.6 is 0 Å². The second-order valence-electron chi connectivity index (χ2n) is 4.87. The molecule has 1 aromatic carbocycles. The third-order valence-corrected chi connectivity index (χ3v) is 3.33. The Morgan fingerprint density at radius 2 is 2.13 bits per heavy atom. The number of nitrogens with one attached hydrogen (secondary N) is 1. The number of benzene rings is 1. The Bertz CT molecular complexity index is 401. The second kappa shape index (κ2) is 3.67. The van der Waals surface area contributed by atoms with E-state index in [4.69, 9.17) is 5.26 Å². The highest BCUT2D eigenvalue weighted by molar-refractivity contribution is 5.41. The molecule has 0 bridgehead atoms. The molecule has 0 aromatic heterocycles. The Morgan fingerprint density at radius 3 is 2.73 bits per heavy atom. The van der Waals surface area contributed by atoms with Crippen molar-refractivity contribution in [2.75, 3.05) is 13.1 Å².